The predicted molar refractivity (Wildman–Crippen MR) is 129 cm³/mol. The molecule has 2 aliphatic heterocycles. The van der Waals surface area contributed by atoms with E-state index in [0.29, 0.717) is 18.9 Å². The molecule has 0 saturated carbocycles. The van der Waals surface area contributed by atoms with E-state index in [2.05, 4.69) is 68.3 Å². The minimum atomic E-state index is -1.67. The van der Waals surface area contributed by atoms with Gasteiger partial charge in [-0.15, -0.1) is 0 Å². The van der Waals surface area contributed by atoms with Crippen molar-refractivity contribution in [2.24, 2.45) is 5.92 Å². The lowest BCUT2D eigenvalue weighted by atomic mass is 9.97. The molecule has 0 amide bonds. The van der Waals surface area contributed by atoms with E-state index < -0.39 is 20.1 Å². The summed E-state index contributed by atoms with van der Waals surface area (Å²) in [5.41, 5.74) is 2.30. The minimum absolute atomic E-state index is 0.263. The molecule has 6 nitrogen and oxygen atoms in total. The highest BCUT2D eigenvalue weighted by molar-refractivity contribution is 6.74. The van der Waals surface area contributed by atoms with Gasteiger partial charge >= 0.3 is 0 Å². The van der Waals surface area contributed by atoms with Gasteiger partial charge in [0.25, 0.3) is 0 Å². The summed E-state index contributed by atoms with van der Waals surface area (Å²) >= 11 is 0. The third kappa shape index (κ3) is 5.84. The predicted octanol–water partition coefficient (Wildman–Crippen LogP) is 3.94. The Balaban J connectivity index is 1.50. The molecular weight excluding hydrogens is 406 g/mol. The van der Waals surface area contributed by atoms with Crippen LogP contribution in [0, 0.1) is 5.92 Å². The first kappa shape index (κ1) is 23.7. The Bertz CT molecular complexity index is 793. The van der Waals surface area contributed by atoms with E-state index in [9.17, 15) is 9.59 Å². The highest BCUT2D eigenvalue weighted by Gasteiger charge is 2.37. The van der Waals surface area contributed by atoms with E-state index in [0.717, 1.165) is 25.4 Å². The van der Waals surface area contributed by atoms with Crippen LogP contribution in [-0.4, -0.2) is 52.8 Å². The summed E-state index contributed by atoms with van der Waals surface area (Å²) in [6, 6.07) is 8.03. The zero-order valence-corrected chi connectivity index (χ0v) is 20.6. The van der Waals surface area contributed by atoms with Crippen LogP contribution in [0.5, 0.6) is 0 Å². The third-order valence-electron chi connectivity index (χ3n) is 7.01. The number of nitrogens with zero attached hydrogens (tertiary/aromatic N) is 2. The number of carbonyl (C=O) groups is 2. The van der Waals surface area contributed by atoms with Gasteiger partial charge in [0.2, 0.25) is 5.78 Å². The molecule has 0 spiro atoms. The van der Waals surface area contributed by atoms with Crippen molar-refractivity contribution < 1.29 is 14.0 Å². The lowest BCUT2D eigenvalue weighted by molar-refractivity contribution is -0.130. The number of rotatable bonds is 7. The quantitative estimate of drug-likeness (QED) is 0.391. The maximum Gasteiger partial charge on any atom is 0.216 e. The molecule has 0 radical (unpaired) electrons. The van der Waals surface area contributed by atoms with Crippen molar-refractivity contribution in [2.45, 2.75) is 57.8 Å². The van der Waals surface area contributed by atoms with Crippen LogP contribution < -0.4 is 15.1 Å². The van der Waals surface area contributed by atoms with Crippen molar-refractivity contribution in [1.29, 1.82) is 0 Å². The van der Waals surface area contributed by atoms with Crippen LogP contribution in [0.4, 0.5) is 11.4 Å². The van der Waals surface area contributed by atoms with Gasteiger partial charge in [0, 0.05) is 37.3 Å². The Labute approximate surface area is 187 Å². The first-order valence-electron chi connectivity index (χ1n) is 11.3. The zero-order valence-electron chi connectivity index (χ0n) is 19.6. The Hall–Kier alpha value is -1.96. The summed E-state index contributed by atoms with van der Waals surface area (Å²) in [6.45, 7) is 15.1. The topological polar surface area (TPSA) is 61.9 Å². The molecule has 1 aromatic carbocycles. The van der Waals surface area contributed by atoms with Gasteiger partial charge in [0.05, 0.1) is 12.7 Å². The van der Waals surface area contributed by atoms with Crippen LogP contribution >= 0.6 is 0 Å². The molecule has 0 aliphatic carbocycles. The largest absolute Gasteiger partial charge is 0.417 e. The smallest absolute Gasteiger partial charge is 0.216 e. The molecule has 1 aromatic rings. The summed E-state index contributed by atoms with van der Waals surface area (Å²) in [5, 5.41) is 3.34. The van der Waals surface area contributed by atoms with Gasteiger partial charge in [-0.3, -0.25) is 14.9 Å². The Morgan fingerprint density at radius 1 is 1.16 bits per heavy atom. The van der Waals surface area contributed by atoms with Crippen LogP contribution in [0.15, 0.2) is 36.5 Å². The maximum atomic E-state index is 11.5. The number of piperidine rings is 1. The highest BCUT2D eigenvalue weighted by atomic mass is 28.4. The zero-order chi connectivity index (χ0) is 22.6. The van der Waals surface area contributed by atoms with Gasteiger partial charge in [-0.25, -0.2) is 0 Å². The molecule has 1 atom stereocenters. The van der Waals surface area contributed by atoms with Gasteiger partial charge in [0.1, 0.15) is 0 Å². The average molecular weight is 444 g/mol. The number of ketones is 1. The van der Waals surface area contributed by atoms with Crippen molar-refractivity contribution in [1.82, 2.24) is 5.32 Å². The number of Topliss-reactive ketones (excluding diaryl/α,β-unsaturated/α-hetero) is 1. The molecule has 1 unspecified atom stereocenters. The number of aldehydes is 1. The van der Waals surface area contributed by atoms with Crippen molar-refractivity contribution in [3.8, 4) is 0 Å². The number of nitrogens with one attached hydrogen (secondary N) is 1. The lowest BCUT2D eigenvalue weighted by Crippen LogP contribution is -2.45. The highest BCUT2D eigenvalue weighted by Crippen LogP contribution is 2.37. The van der Waals surface area contributed by atoms with Crippen LogP contribution in [-0.2, 0) is 14.0 Å². The number of anilines is 2. The van der Waals surface area contributed by atoms with Crippen molar-refractivity contribution in [3.63, 3.8) is 0 Å². The van der Waals surface area contributed by atoms with E-state index in [1.165, 1.54) is 18.5 Å². The second-order valence-electron chi connectivity index (χ2n) is 10.2. The first-order chi connectivity index (χ1) is 14.6. The minimum Gasteiger partial charge on any atom is -0.417 e. The molecule has 0 aromatic heterocycles. The second-order valence-corrected chi connectivity index (χ2v) is 15.0. The Morgan fingerprint density at radius 2 is 1.77 bits per heavy atom. The fourth-order valence-electron chi connectivity index (χ4n) is 3.71. The van der Waals surface area contributed by atoms with E-state index in [1.54, 1.807) is 6.08 Å². The molecular formula is C24H37N3O3Si. The Kier molecular flexibility index (Phi) is 7.39. The number of hydrogen-bond acceptors (Lipinski definition) is 6. The second kappa shape index (κ2) is 9.67. The molecule has 31 heavy (non-hydrogen) atoms. The van der Waals surface area contributed by atoms with Crippen LogP contribution in [0.2, 0.25) is 18.1 Å². The molecule has 3 rings (SSSR count). The van der Waals surface area contributed by atoms with Gasteiger partial charge in [-0.1, -0.05) is 20.8 Å². The van der Waals surface area contributed by atoms with Gasteiger partial charge < -0.3 is 14.2 Å². The standard InChI is InChI=1S/C24H37N3O3Si/c1-24(2,3)31(4,5)30-17-19-10-13-26(14-11-19)20-6-8-21(9-7-20)27-15-12-22(25-18-27)23(29)16-28/h6-9,12,15-16,19,22,25H,10-11,13-14,17-18H2,1-5H3. The first-order valence-corrected chi connectivity index (χ1v) is 14.2. The molecule has 2 heterocycles. The molecule has 0 bridgehead atoms. The fraction of sp³-hybridized carbons (Fsp3) is 0.583. The van der Waals surface area contributed by atoms with E-state index in [4.69, 9.17) is 4.43 Å². The molecule has 2 aliphatic rings. The summed E-state index contributed by atoms with van der Waals surface area (Å²) in [5.74, 6) is 0.209. The van der Waals surface area contributed by atoms with Gasteiger partial charge in [-0.2, -0.15) is 0 Å². The summed E-state index contributed by atoms with van der Waals surface area (Å²) in [7, 11) is -1.67. The van der Waals surface area contributed by atoms with Crippen molar-refractivity contribution in [2.75, 3.05) is 36.2 Å². The molecule has 1 N–H and O–H groups in total. The summed E-state index contributed by atoms with van der Waals surface area (Å²) in [6.07, 6.45) is 6.30. The molecule has 170 valence electrons. The van der Waals surface area contributed by atoms with E-state index in [-0.39, 0.29) is 5.04 Å². The SMILES string of the molecule is CC(C)(C)[Si](C)(C)OCC1CCN(c2ccc(N3C=CC(C(=O)C=O)NC3)cc2)CC1. The van der Waals surface area contributed by atoms with Crippen LogP contribution in [0.3, 0.4) is 0 Å². The normalized spacial score (nSPS) is 20.7. The van der Waals surface area contributed by atoms with E-state index in [1.807, 2.05) is 11.1 Å². The van der Waals surface area contributed by atoms with Crippen molar-refractivity contribution in [3.05, 3.63) is 36.5 Å². The maximum absolute atomic E-state index is 11.5. The summed E-state index contributed by atoms with van der Waals surface area (Å²) < 4.78 is 6.45. The van der Waals surface area contributed by atoms with Crippen molar-refractivity contribution >= 4 is 31.8 Å². The van der Waals surface area contributed by atoms with Crippen LogP contribution in [0.1, 0.15) is 33.6 Å². The molecule has 1 fully saturated rings. The number of hydrogen-bond donors (Lipinski definition) is 1. The van der Waals surface area contributed by atoms with E-state index >= 15 is 0 Å². The third-order valence-corrected chi connectivity index (χ3v) is 11.5. The fourth-order valence-corrected chi connectivity index (χ4v) is 4.79. The lowest BCUT2D eigenvalue weighted by Gasteiger charge is -2.39. The van der Waals surface area contributed by atoms with Crippen LogP contribution in [0.25, 0.3) is 0 Å². The Morgan fingerprint density at radius 3 is 2.29 bits per heavy atom. The monoisotopic (exact) mass is 443 g/mol. The van der Waals surface area contributed by atoms with Gasteiger partial charge in [0.15, 0.2) is 14.6 Å². The molecule has 7 heteroatoms. The number of benzene rings is 1. The average Bonchev–Trinajstić information content (AvgIpc) is 2.77. The van der Waals surface area contributed by atoms with Gasteiger partial charge in [-0.05, 0) is 67.2 Å². The number of carbonyl (C=O) groups excluding carboxylic acids is 2. The molecule has 1 saturated heterocycles. The summed E-state index contributed by atoms with van der Waals surface area (Å²) in [4.78, 5) is 26.6.